The largest absolute Gasteiger partial charge is 0.473 e. The van der Waals surface area contributed by atoms with Gasteiger partial charge in [0.1, 0.15) is 12.4 Å². The number of aromatic nitrogens is 1. The van der Waals surface area contributed by atoms with Crippen LogP contribution in [0.2, 0.25) is 5.02 Å². The lowest BCUT2D eigenvalue weighted by Crippen LogP contribution is -2.13. The Hall–Kier alpha value is -1.65. The Morgan fingerprint density at radius 2 is 2.05 bits per heavy atom. The normalized spacial score (nSPS) is 10.6. The van der Waals surface area contributed by atoms with Crippen LogP contribution < -0.4 is 10.1 Å². The molecule has 1 aromatic heterocycles. The van der Waals surface area contributed by atoms with Crippen molar-refractivity contribution in [1.82, 2.24) is 10.3 Å². The first-order chi connectivity index (χ1) is 9.69. The number of benzene rings is 1. The molecule has 1 N–H and O–H groups in total. The molecule has 0 fully saturated rings. The van der Waals surface area contributed by atoms with Gasteiger partial charge in [0.25, 0.3) is 0 Å². The van der Waals surface area contributed by atoms with Crippen LogP contribution in [0.25, 0.3) is 0 Å². The number of ether oxygens (including phenoxy) is 1. The van der Waals surface area contributed by atoms with E-state index in [-0.39, 0.29) is 5.82 Å². The fourth-order valence-electron chi connectivity index (χ4n) is 1.72. The number of nitrogens with zero attached hydrogens (tertiary/aromatic N) is 1. The molecule has 0 aliphatic rings. The van der Waals surface area contributed by atoms with Crippen LogP contribution >= 0.6 is 11.6 Å². The maximum atomic E-state index is 13.2. The second-order valence-electron chi connectivity index (χ2n) is 4.31. The van der Waals surface area contributed by atoms with Crippen LogP contribution in [0.15, 0.2) is 36.5 Å². The summed E-state index contributed by atoms with van der Waals surface area (Å²) in [6.45, 7) is 3.68. The molecule has 0 aliphatic carbocycles. The predicted molar refractivity (Wildman–Crippen MR) is 77.4 cm³/mol. The maximum Gasteiger partial charge on any atom is 0.218 e. The Morgan fingerprint density at radius 3 is 2.75 bits per heavy atom. The Balaban J connectivity index is 2.06. The van der Waals surface area contributed by atoms with Crippen molar-refractivity contribution in [3.8, 4) is 5.88 Å². The third-order valence-corrected chi connectivity index (χ3v) is 3.00. The number of pyridine rings is 1. The molecule has 20 heavy (non-hydrogen) atoms. The Morgan fingerprint density at radius 1 is 1.30 bits per heavy atom. The van der Waals surface area contributed by atoms with Crippen LogP contribution in [0.4, 0.5) is 4.39 Å². The Kier molecular flexibility index (Phi) is 5.32. The van der Waals surface area contributed by atoms with E-state index >= 15 is 0 Å². The second kappa shape index (κ2) is 7.22. The molecular formula is C15H16ClFN2O. The number of rotatable bonds is 6. The van der Waals surface area contributed by atoms with E-state index in [1.807, 2.05) is 19.1 Å². The van der Waals surface area contributed by atoms with Crippen molar-refractivity contribution in [2.75, 3.05) is 6.54 Å². The van der Waals surface area contributed by atoms with Gasteiger partial charge in [0, 0.05) is 17.1 Å². The average Bonchev–Trinajstić information content (AvgIpc) is 2.46. The Bertz CT molecular complexity index is 560. The van der Waals surface area contributed by atoms with Crippen LogP contribution in [0, 0.1) is 5.82 Å². The van der Waals surface area contributed by atoms with Crippen LogP contribution in [-0.4, -0.2) is 11.5 Å². The second-order valence-corrected chi connectivity index (χ2v) is 4.75. The van der Waals surface area contributed by atoms with Gasteiger partial charge in [0.05, 0.1) is 6.20 Å². The molecule has 0 amide bonds. The number of nitrogens with one attached hydrogen (secondary N) is 1. The standard InChI is InChI=1S/C15H16ClFN2O/c1-2-18-8-12-7-14(17)9-19-15(12)20-10-11-3-5-13(16)6-4-11/h3-7,9,18H,2,8,10H2,1H3. The molecule has 0 aliphatic heterocycles. The first-order valence-corrected chi connectivity index (χ1v) is 6.79. The van der Waals surface area contributed by atoms with Gasteiger partial charge < -0.3 is 10.1 Å². The van der Waals surface area contributed by atoms with Crippen molar-refractivity contribution in [3.63, 3.8) is 0 Å². The minimum Gasteiger partial charge on any atom is -0.473 e. The van der Waals surface area contributed by atoms with Crippen LogP contribution in [-0.2, 0) is 13.2 Å². The third-order valence-electron chi connectivity index (χ3n) is 2.75. The summed E-state index contributed by atoms with van der Waals surface area (Å²) in [5.41, 5.74) is 1.69. The van der Waals surface area contributed by atoms with Gasteiger partial charge in [-0.2, -0.15) is 0 Å². The Labute approximate surface area is 122 Å². The van der Waals surface area contributed by atoms with Crippen LogP contribution in [0.1, 0.15) is 18.1 Å². The van der Waals surface area contributed by atoms with Crippen molar-refractivity contribution >= 4 is 11.6 Å². The smallest absolute Gasteiger partial charge is 0.218 e. The first-order valence-electron chi connectivity index (χ1n) is 6.41. The number of hydrogen-bond donors (Lipinski definition) is 1. The molecule has 3 nitrogen and oxygen atoms in total. The van der Waals surface area contributed by atoms with E-state index < -0.39 is 0 Å². The zero-order valence-corrected chi connectivity index (χ0v) is 12.0. The highest BCUT2D eigenvalue weighted by Crippen LogP contribution is 2.18. The van der Waals surface area contributed by atoms with E-state index in [2.05, 4.69) is 10.3 Å². The topological polar surface area (TPSA) is 34.2 Å². The molecule has 1 aromatic carbocycles. The van der Waals surface area contributed by atoms with Crippen molar-refractivity contribution in [2.45, 2.75) is 20.1 Å². The molecule has 2 rings (SSSR count). The van der Waals surface area contributed by atoms with Crippen LogP contribution in [0.5, 0.6) is 5.88 Å². The molecule has 0 saturated heterocycles. The average molecular weight is 295 g/mol. The highest BCUT2D eigenvalue weighted by molar-refractivity contribution is 6.30. The third kappa shape index (κ3) is 4.18. The van der Waals surface area contributed by atoms with Gasteiger partial charge in [0.2, 0.25) is 5.88 Å². The summed E-state index contributed by atoms with van der Waals surface area (Å²) in [6, 6.07) is 8.81. The predicted octanol–water partition coefficient (Wildman–Crippen LogP) is 3.56. The van der Waals surface area contributed by atoms with Crippen LogP contribution in [0.3, 0.4) is 0 Å². The van der Waals surface area contributed by atoms with Gasteiger partial charge in [0.15, 0.2) is 0 Å². The van der Waals surface area contributed by atoms with Crippen molar-refractivity contribution in [2.24, 2.45) is 0 Å². The summed E-state index contributed by atoms with van der Waals surface area (Å²) in [6.07, 6.45) is 1.16. The molecule has 0 radical (unpaired) electrons. The fourth-order valence-corrected chi connectivity index (χ4v) is 1.84. The highest BCUT2D eigenvalue weighted by Gasteiger charge is 2.07. The summed E-state index contributed by atoms with van der Waals surface area (Å²) in [7, 11) is 0. The highest BCUT2D eigenvalue weighted by atomic mass is 35.5. The minimum atomic E-state index is -0.364. The summed E-state index contributed by atoms with van der Waals surface area (Å²) in [4.78, 5) is 4.00. The zero-order chi connectivity index (χ0) is 14.4. The quantitative estimate of drug-likeness (QED) is 0.884. The van der Waals surface area contributed by atoms with Crippen molar-refractivity contribution in [3.05, 3.63) is 58.5 Å². The fraction of sp³-hybridized carbons (Fsp3) is 0.267. The molecule has 106 valence electrons. The molecule has 0 spiro atoms. The summed E-state index contributed by atoms with van der Waals surface area (Å²) < 4.78 is 18.9. The molecule has 0 atom stereocenters. The van der Waals surface area contributed by atoms with Crippen molar-refractivity contribution in [1.29, 1.82) is 0 Å². The van der Waals surface area contributed by atoms with Gasteiger partial charge in [-0.25, -0.2) is 9.37 Å². The zero-order valence-electron chi connectivity index (χ0n) is 11.2. The lowest BCUT2D eigenvalue weighted by molar-refractivity contribution is 0.288. The number of halogens is 2. The van der Waals surface area contributed by atoms with Gasteiger partial charge in [-0.3, -0.25) is 0 Å². The van der Waals surface area contributed by atoms with Gasteiger partial charge in [-0.05, 0) is 30.3 Å². The molecule has 2 aromatic rings. The molecule has 0 bridgehead atoms. The van der Waals surface area contributed by atoms with E-state index in [9.17, 15) is 4.39 Å². The van der Waals surface area contributed by atoms with E-state index in [1.165, 1.54) is 6.07 Å². The van der Waals surface area contributed by atoms with Crippen molar-refractivity contribution < 1.29 is 9.13 Å². The number of hydrogen-bond acceptors (Lipinski definition) is 3. The van der Waals surface area contributed by atoms with E-state index in [0.29, 0.717) is 29.6 Å². The lowest BCUT2D eigenvalue weighted by Gasteiger charge is -2.11. The summed E-state index contributed by atoms with van der Waals surface area (Å²) >= 11 is 5.83. The molecule has 5 heteroatoms. The monoisotopic (exact) mass is 294 g/mol. The minimum absolute atomic E-state index is 0.364. The summed E-state index contributed by atoms with van der Waals surface area (Å²) in [5, 5.41) is 3.82. The lowest BCUT2D eigenvalue weighted by atomic mass is 10.2. The van der Waals surface area contributed by atoms with Gasteiger partial charge in [-0.15, -0.1) is 0 Å². The molecular weight excluding hydrogens is 279 g/mol. The van der Waals surface area contributed by atoms with E-state index in [0.717, 1.165) is 18.3 Å². The van der Waals surface area contributed by atoms with Gasteiger partial charge >= 0.3 is 0 Å². The first kappa shape index (κ1) is 14.8. The molecule has 1 heterocycles. The van der Waals surface area contributed by atoms with E-state index in [4.69, 9.17) is 16.3 Å². The molecule has 0 saturated carbocycles. The summed E-state index contributed by atoms with van der Waals surface area (Å²) in [5.74, 6) is 0.0824. The van der Waals surface area contributed by atoms with E-state index in [1.54, 1.807) is 12.1 Å². The SMILES string of the molecule is CCNCc1cc(F)cnc1OCc1ccc(Cl)cc1. The molecule has 0 unspecified atom stereocenters. The van der Waals surface area contributed by atoms with Gasteiger partial charge in [-0.1, -0.05) is 30.7 Å². The maximum absolute atomic E-state index is 13.2.